The predicted octanol–water partition coefficient (Wildman–Crippen LogP) is 3.54. The van der Waals surface area contributed by atoms with Gasteiger partial charge in [-0.3, -0.25) is 4.79 Å². The van der Waals surface area contributed by atoms with Crippen LogP contribution in [0.15, 0.2) is 54.6 Å². The third-order valence-electron chi connectivity index (χ3n) is 3.41. The molecule has 116 valence electrons. The Morgan fingerprint density at radius 3 is 2.09 bits per heavy atom. The average molecular weight is 297 g/mol. The van der Waals surface area contributed by atoms with Crippen molar-refractivity contribution in [3.05, 3.63) is 60.2 Å². The van der Waals surface area contributed by atoms with Gasteiger partial charge in [0.1, 0.15) is 0 Å². The first-order valence-electron chi connectivity index (χ1n) is 7.38. The van der Waals surface area contributed by atoms with Gasteiger partial charge in [0.05, 0.1) is 5.54 Å². The van der Waals surface area contributed by atoms with Gasteiger partial charge in [-0.1, -0.05) is 30.3 Å². The Morgan fingerprint density at radius 2 is 1.55 bits per heavy atom. The fourth-order valence-corrected chi connectivity index (χ4v) is 2.02. The Labute approximate surface area is 131 Å². The lowest BCUT2D eigenvalue weighted by atomic mass is 10.1. The lowest BCUT2D eigenvalue weighted by Crippen LogP contribution is -2.45. The number of hydrogen-bond acceptors (Lipinski definition) is 3. The van der Waals surface area contributed by atoms with Crippen LogP contribution in [0.2, 0.25) is 0 Å². The van der Waals surface area contributed by atoms with E-state index in [1.165, 1.54) is 5.56 Å². The van der Waals surface area contributed by atoms with E-state index in [2.05, 4.69) is 29.7 Å². The van der Waals surface area contributed by atoms with Gasteiger partial charge in [-0.15, -0.1) is 0 Å². The zero-order chi connectivity index (χ0) is 16.2. The van der Waals surface area contributed by atoms with Crippen LogP contribution in [-0.4, -0.2) is 11.4 Å². The number of hydrogen-bond donors (Lipinski definition) is 3. The second kappa shape index (κ2) is 6.62. The minimum atomic E-state index is -0.890. The van der Waals surface area contributed by atoms with Crippen molar-refractivity contribution < 1.29 is 4.79 Å². The normalized spacial score (nSPS) is 12.5. The molecule has 0 saturated heterocycles. The van der Waals surface area contributed by atoms with E-state index >= 15 is 0 Å². The van der Waals surface area contributed by atoms with E-state index in [0.29, 0.717) is 0 Å². The van der Waals surface area contributed by atoms with Gasteiger partial charge >= 0.3 is 0 Å². The molecule has 1 unspecified atom stereocenters. The molecular formula is C18H23N3O. The average Bonchev–Trinajstić information content (AvgIpc) is 2.49. The topological polar surface area (TPSA) is 67.1 Å². The third-order valence-corrected chi connectivity index (χ3v) is 3.41. The number of anilines is 2. The van der Waals surface area contributed by atoms with E-state index in [4.69, 9.17) is 5.73 Å². The Bertz CT molecular complexity index is 615. The van der Waals surface area contributed by atoms with Crippen molar-refractivity contribution >= 4 is 17.3 Å². The zero-order valence-electron chi connectivity index (χ0n) is 13.3. The van der Waals surface area contributed by atoms with Crippen molar-refractivity contribution in [2.24, 2.45) is 5.73 Å². The van der Waals surface area contributed by atoms with Crippen LogP contribution < -0.4 is 16.4 Å². The number of rotatable bonds is 5. The van der Waals surface area contributed by atoms with Crippen molar-refractivity contribution in [1.29, 1.82) is 0 Å². The van der Waals surface area contributed by atoms with Crippen LogP contribution >= 0.6 is 0 Å². The predicted molar refractivity (Wildman–Crippen MR) is 91.8 cm³/mol. The van der Waals surface area contributed by atoms with Gasteiger partial charge in [0.15, 0.2) is 0 Å². The molecule has 2 aromatic carbocycles. The molecule has 0 bridgehead atoms. The van der Waals surface area contributed by atoms with Crippen molar-refractivity contribution in [2.75, 3.05) is 10.6 Å². The molecule has 1 atom stereocenters. The van der Waals surface area contributed by atoms with Crippen molar-refractivity contribution in [3.63, 3.8) is 0 Å². The van der Waals surface area contributed by atoms with Gasteiger partial charge in [-0.2, -0.15) is 0 Å². The second-order valence-corrected chi connectivity index (χ2v) is 6.03. The van der Waals surface area contributed by atoms with E-state index in [0.717, 1.165) is 11.4 Å². The van der Waals surface area contributed by atoms with E-state index in [-0.39, 0.29) is 11.9 Å². The molecule has 2 aromatic rings. The first kappa shape index (κ1) is 16.0. The molecule has 4 heteroatoms. The number of nitrogens with two attached hydrogens (primary N) is 1. The Balaban J connectivity index is 1.99. The summed E-state index contributed by atoms with van der Waals surface area (Å²) >= 11 is 0. The van der Waals surface area contributed by atoms with Gasteiger partial charge < -0.3 is 16.4 Å². The molecule has 2 rings (SSSR count). The highest BCUT2D eigenvalue weighted by atomic mass is 16.2. The Morgan fingerprint density at radius 1 is 1.00 bits per heavy atom. The number of carbonyl (C=O) groups is 1. The molecule has 0 spiro atoms. The summed E-state index contributed by atoms with van der Waals surface area (Å²) in [6, 6.07) is 18.1. The molecule has 4 N–H and O–H groups in total. The summed E-state index contributed by atoms with van der Waals surface area (Å²) in [4.78, 5) is 11.8. The highest BCUT2D eigenvalue weighted by Gasteiger charge is 2.21. The number of benzene rings is 2. The molecule has 4 nitrogen and oxygen atoms in total. The number of amides is 1. The SMILES string of the molecule is CC(Nc1ccc(NC(=O)C(C)(C)N)cc1)c1ccccc1. The van der Waals surface area contributed by atoms with E-state index < -0.39 is 5.54 Å². The van der Waals surface area contributed by atoms with E-state index in [1.54, 1.807) is 13.8 Å². The minimum absolute atomic E-state index is 0.203. The molecule has 22 heavy (non-hydrogen) atoms. The largest absolute Gasteiger partial charge is 0.379 e. The number of nitrogens with one attached hydrogen (secondary N) is 2. The smallest absolute Gasteiger partial charge is 0.243 e. The maximum Gasteiger partial charge on any atom is 0.243 e. The summed E-state index contributed by atoms with van der Waals surface area (Å²) in [6.07, 6.45) is 0. The molecule has 0 heterocycles. The standard InChI is InChI=1S/C18H23N3O/c1-13(14-7-5-4-6-8-14)20-15-9-11-16(12-10-15)21-17(22)18(2,3)19/h4-13,20H,19H2,1-3H3,(H,21,22). The van der Waals surface area contributed by atoms with Crippen molar-refractivity contribution in [1.82, 2.24) is 0 Å². The van der Waals surface area contributed by atoms with Crippen molar-refractivity contribution in [2.45, 2.75) is 32.4 Å². The maximum atomic E-state index is 11.8. The summed E-state index contributed by atoms with van der Waals surface area (Å²) in [5, 5.41) is 6.23. The van der Waals surface area contributed by atoms with Crippen LogP contribution in [0.25, 0.3) is 0 Å². The van der Waals surface area contributed by atoms with Gasteiger partial charge in [-0.05, 0) is 50.6 Å². The highest BCUT2D eigenvalue weighted by molar-refractivity contribution is 5.97. The van der Waals surface area contributed by atoms with Crippen molar-refractivity contribution in [3.8, 4) is 0 Å². The van der Waals surface area contributed by atoms with E-state index in [1.807, 2.05) is 42.5 Å². The number of carbonyl (C=O) groups excluding carboxylic acids is 1. The van der Waals surface area contributed by atoms with Crippen LogP contribution in [0.4, 0.5) is 11.4 Å². The lowest BCUT2D eigenvalue weighted by Gasteiger charge is -2.19. The Hall–Kier alpha value is -2.33. The molecular weight excluding hydrogens is 274 g/mol. The highest BCUT2D eigenvalue weighted by Crippen LogP contribution is 2.21. The molecule has 0 aliphatic carbocycles. The summed E-state index contributed by atoms with van der Waals surface area (Å²) in [5.41, 5.74) is 7.84. The third kappa shape index (κ3) is 4.33. The van der Waals surface area contributed by atoms with E-state index in [9.17, 15) is 4.79 Å². The molecule has 0 aromatic heterocycles. The molecule has 0 fully saturated rings. The summed E-state index contributed by atoms with van der Waals surface area (Å²) < 4.78 is 0. The monoisotopic (exact) mass is 297 g/mol. The van der Waals surface area contributed by atoms with Crippen LogP contribution in [0.5, 0.6) is 0 Å². The van der Waals surface area contributed by atoms with Gasteiger partial charge in [0.2, 0.25) is 5.91 Å². The minimum Gasteiger partial charge on any atom is -0.379 e. The fourth-order valence-electron chi connectivity index (χ4n) is 2.02. The van der Waals surface area contributed by atoms with Crippen LogP contribution in [0.1, 0.15) is 32.4 Å². The quantitative estimate of drug-likeness (QED) is 0.791. The van der Waals surface area contributed by atoms with Crippen LogP contribution in [0, 0.1) is 0 Å². The fraction of sp³-hybridized carbons (Fsp3) is 0.278. The first-order chi connectivity index (χ1) is 10.4. The maximum absolute atomic E-state index is 11.8. The first-order valence-corrected chi connectivity index (χ1v) is 7.38. The van der Waals surface area contributed by atoms with Crippen LogP contribution in [0.3, 0.4) is 0 Å². The molecule has 0 saturated carbocycles. The van der Waals surface area contributed by atoms with Gasteiger partial charge in [0.25, 0.3) is 0 Å². The van der Waals surface area contributed by atoms with Crippen LogP contribution in [-0.2, 0) is 4.79 Å². The van der Waals surface area contributed by atoms with Gasteiger partial charge in [-0.25, -0.2) is 0 Å². The molecule has 0 aliphatic heterocycles. The molecule has 0 radical (unpaired) electrons. The summed E-state index contributed by atoms with van der Waals surface area (Å²) in [6.45, 7) is 5.47. The molecule has 1 amide bonds. The lowest BCUT2D eigenvalue weighted by molar-refractivity contribution is -0.120. The Kier molecular flexibility index (Phi) is 4.83. The summed E-state index contributed by atoms with van der Waals surface area (Å²) in [7, 11) is 0. The van der Waals surface area contributed by atoms with Gasteiger partial charge in [0, 0.05) is 17.4 Å². The second-order valence-electron chi connectivity index (χ2n) is 6.03. The molecule has 0 aliphatic rings. The summed E-state index contributed by atoms with van der Waals surface area (Å²) in [5.74, 6) is -0.203. The zero-order valence-corrected chi connectivity index (χ0v) is 13.3.